The third-order valence-electron chi connectivity index (χ3n) is 5.12. The van der Waals surface area contributed by atoms with E-state index in [0.717, 1.165) is 0 Å². The average Bonchev–Trinajstić information content (AvgIpc) is 2.82. The van der Waals surface area contributed by atoms with Gasteiger partial charge in [-0.15, -0.1) is 0 Å². The fourth-order valence-corrected chi connectivity index (χ4v) is 5.67. The summed E-state index contributed by atoms with van der Waals surface area (Å²) in [5.74, 6) is -1.88. The van der Waals surface area contributed by atoms with Gasteiger partial charge >= 0.3 is 5.97 Å². The van der Waals surface area contributed by atoms with Crippen LogP contribution in [0.4, 0.5) is 5.69 Å². The lowest BCUT2D eigenvalue weighted by Gasteiger charge is -2.43. The monoisotopic (exact) mass is 408 g/mol. The van der Waals surface area contributed by atoms with Crippen molar-refractivity contribution in [1.82, 2.24) is 4.90 Å². The minimum Gasteiger partial charge on any atom is -0.459 e. The normalized spacial score (nSPS) is 27.7. The Labute approximate surface area is 163 Å². The molecule has 2 fully saturated rings. The molecule has 0 radical (unpaired) electrons. The van der Waals surface area contributed by atoms with Crippen LogP contribution in [0.5, 0.6) is 0 Å². The standard InChI is InChI=1S/C18H20N2O7S/c1-10(21)8-13-15(22)19-14(18(2,3)28(26)16(13)19)17(23)27-9-11-4-6-12(7-5-11)20(24)25/h4-7,13-14,16H,8-9H2,1-3H3/t13-,14+,16-,28?/m1/s1. The number of carbonyl (C=O) groups is 3. The molecule has 0 aromatic heterocycles. The van der Waals surface area contributed by atoms with Crippen molar-refractivity contribution in [2.24, 2.45) is 5.92 Å². The number of hydrogen-bond donors (Lipinski definition) is 0. The fourth-order valence-electron chi connectivity index (χ4n) is 3.68. The summed E-state index contributed by atoms with van der Waals surface area (Å²) in [7, 11) is -1.52. The summed E-state index contributed by atoms with van der Waals surface area (Å²) in [6.45, 7) is 4.52. The average molecular weight is 408 g/mol. The molecule has 150 valence electrons. The summed E-state index contributed by atoms with van der Waals surface area (Å²) < 4.78 is 17.1. The lowest BCUT2D eigenvalue weighted by atomic mass is 9.88. The second-order valence-electron chi connectivity index (χ2n) is 7.48. The van der Waals surface area contributed by atoms with E-state index in [9.17, 15) is 28.7 Å². The van der Waals surface area contributed by atoms with Crippen molar-refractivity contribution >= 4 is 34.1 Å². The topological polar surface area (TPSA) is 124 Å². The van der Waals surface area contributed by atoms with Crippen LogP contribution >= 0.6 is 0 Å². The van der Waals surface area contributed by atoms with Crippen LogP contribution in [0.3, 0.4) is 0 Å². The highest BCUT2D eigenvalue weighted by molar-refractivity contribution is 7.87. The first-order valence-corrected chi connectivity index (χ1v) is 9.89. The SMILES string of the molecule is CC(=O)C[C@@H]1C(=O)N2[C@@H]1S(=O)C(C)(C)[C@@H]2C(=O)OCc1ccc([N+](=O)[O-])cc1. The summed E-state index contributed by atoms with van der Waals surface area (Å²) in [6, 6.07) is 4.55. The van der Waals surface area contributed by atoms with Crippen LogP contribution in [0.2, 0.25) is 0 Å². The molecule has 2 aliphatic heterocycles. The molecule has 10 heteroatoms. The van der Waals surface area contributed by atoms with Gasteiger partial charge in [0.1, 0.15) is 23.8 Å². The summed E-state index contributed by atoms with van der Waals surface area (Å²) in [5, 5.41) is 10.0. The van der Waals surface area contributed by atoms with Crippen LogP contribution in [0.15, 0.2) is 24.3 Å². The van der Waals surface area contributed by atoms with Crippen LogP contribution in [-0.2, 0) is 36.5 Å². The third-order valence-corrected chi connectivity index (χ3v) is 7.38. The highest BCUT2D eigenvalue weighted by Crippen LogP contribution is 2.47. The number of carbonyl (C=O) groups excluding carboxylic acids is 3. The molecule has 0 saturated carbocycles. The van der Waals surface area contributed by atoms with Crippen LogP contribution in [0.25, 0.3) is 0 Å². The summed E-state index contributed by atoms with van der Waals surface area (Å²) in [4.78, 5) is 48.0. The largest absolute Gasteiger partial charge is 0.459 e. The molecule has 1 amide bonds. The van der Waals surface area contributed by atoms with Crippen molar-refractivity contribution in [3.8, 4) is 0 Å². The van der Waals surface area contributed by atoms with Crippen molar-refractivity contribution in [3.05, 3.63) is 39.9 Å². The van der Waals surface area contributed by atoms with E-state index in [1.807, 2.05) is 0 Å². The van der Waals surface area contributed by atoms with Crippen LogP contribution in [-0.4, -0.2) is 47.9 Å². The zero-order valence-corrected chi connectivity index (χ0v) is 16.4. The van der Waals surface area contributed by atoms with Gasteiger partial charge in [-0.05, 0) is 38.5 Å². The number of Topliss-reactive ketones (excluding diaryl/α,β-unsaturated/α-hetero) is 1. The molecule has 3 rings (SSSR count). The molecule has 0 aliphatic carbocycles. The Morgan fingerprint density at radius 2 is 1.89 bits per heavy atom. The lowest BCUT2D eigenvalue weighted by Crippen LogP contribution is -2.63. The number of rotatable bonds is 6. The summed E-state index contributed by atoms with van der Waals surface area (Å²) >= 11 is 0. The van der Waals surface area contributed by atoms with E-state index in [1.165, 1.54) is 36.1 Å². The number of fused-ring (bicyclic) bond motifs is 1. The quantitative estimate of drug-likeness (QED) is 0.301. The number of β-lactam (4-membered cyclic amide) rings is 1. The van der Waals surface area contributed by atoms with Crippen molar-refractivity contribution in [2.75, 3.05) is 0 Å². The Morgan fingerprint density at radius 1 is 1.29 bits per heavy atom. The van der Waals surface area contributed by atoms with Gasteiger partial charge in [0.25, 0.3) is 5.69 Å². The van der Waals surface area contributed by atoms with Gasteiger partial charge < -0.3 is 14.4 Å². The molecule has 4 atom stereocenters. The van der Waals surface area contributed by atoms with E-state index < -0.39 is 43.8 Å². The molecule has 2 heterocycles. The maximum Gasteiger partial charge on any atom is 0.330 e. The summed E-state index contributed by atoms with van der Waals surface area (Å²) in [5.41, 5.74) is 0.477. The Kier molecular flexibility index (Phi) is 5.09. The van der Waals surface area contributed by atoms with Gasteiger partial charge in [-0.3, -0.25) is 19.1 Å². The molecule has 9 nitrogen and oxygen atoms in total. The van der Waals surface area contributed by atoms with Crippen LogP contribution < -0.4 is 0 Å². The maximum atomic E-state index is 12.9. The van der Waals surface area contributed by atoms with E-state index >= 15 is 0 Å². The first kappa shape index (κ1) is 20.1. The predicted octanol–water partition coefficient (Wildman–Crippen LogP) is 1.31. The number of non-ortho nitro benzene ring substituents is 1. The zero-order valence-electron chi connectivity index (χ0n) is 15.6. The molecule has 0 N–H and O–H groups in total. The number of benzene rings is 1. The van der Waals surface area contributed by atoms with Gasteiger partial charge in [0.2, 0.25) is 5.91 Å². The van der Waals surface area contributed by atoms with E-state index in [2.05, 4.69) is 0 Å². The Balaban J connectivity index is 1.72. The van der Waals surface area contributed by atoms with Crippen molar-refractivity contribution in [2.45, 2.75) is 50.0 Å². The van der Waals surface area contributed by atoms with Crippen molar-refractivity contribution < 1.29 is 28.3 Å². The smallest absolute Gasteiger partial charge is 0.330 e. The number of ketones is 1. The third kappa shape index (κ3) is 3.21. The number of nitro groups is 1. The van der Waals surface area contributed by atoms with Crippen LogP contribution in [0.1, 0.15) is 32.8 Å². The fraction of sp³-hybridized carbons (Fsp3) is 0.500. The second kappa shape index (κ2) is 7.08. The maximum absolute atomic E-state index is 12.9. The van der Waals surface area contributed by atoms with Gasteiger partial charge in [-0.2, -0.15) is 0 Å². The highest BCUT2D eigenvalue weighted by Gasteiger charge is 2.67. The van der Waals surface area contributed by atoms with E-state index in [1.54, 1.807) is 13.8 Å². The van der Waals surface area contributed by atoms with Gasteiger partial charge in [0.15, 0.2) is 0 Å². The minimum absolute atomic E-state index is 0.00633. The minimum atomic E-state index is -1.52. The Hall–Kier alpha value is -2.62. The Morgan fingerprint density at radius 3 is 2.43 bits per heavy atom. The van der Waals surface area contributed by atoms with Gasteiger partial charge in [-0.1, -0.05) is 0 Å². The zero-order chi connectivity index (χ0) is 20.8. The van der Waals surface area contributed by atoms with Gasteiger partial charge in [-0.25, -0.2) is 4.79 Å². The van der Waals surface area contributed by atoms with Gasteiger partial charge in [0, 0.05) is 18.6 Å². The van der Waals surface area contributed by atoms with Gasteiger partial charge in [0.05, 0.1) is 26.4 Å². The summed E-state index contributed by atoms with van der Waals surface area (Å²) in [6.07, 6.45) is 0.00633. The number of esters is 1. The lowest BCUT2D eigenvalue weighted by molar-refractivity contribution is -0.384. The molecular weight excluding hydrogens is 388 g/mol. The van der Waals surface area contributed by atoms with E-state index in [4.69, 9.17) is 4.74 Å². The molecule has 2 aliphatic rings. The predicted molar refractivity (Wildman–Crippen MR) is 98.3 cm³/mol. The molecule has 0 bridgehead atoms. The first-order chi connectivity index (χ1) is 13.1. The van der Waals surface area contributed by atoms with Crippen molar-refractivity contribution in [1.29, 1.82) is 0 Å². The first-order valence-electron chi connectivity index (χ1n) is 8.68. The number of amides is 1. The van der Waals surface area contributed by atoms with Crippen LogP contribution in [0, 0.1) is 16.0 Å². The molecule has 1 aromatic rings. The molecule has 0 spiro atoms. The molecule has 1 unspecified atom stereocenters. The molecule has 28 heavy (non-hydrogen) atoms. The van der Waals surface area contributed by atoms with E-state index in [0.29, 0.717) is 5.56 Å². The number of nitrogens with zero attached hydrogens (tertiary/aromatic N) is 2. The number of nitro benzene ring substituents is 1. The molecular formula is C18H20N2O7S. The number of hydrogen-bond acceptors (Lipinski definition) is 7. The second-order valence-corrected chi connectivity index (χ2v) is 9.61. The molecule has 1 aromatic carbocycles. The molecule has 2 saturated heterocycles. The van der Waals surface area contributed by atoms with E-state index in [-0.39, 0.29) is 30.4 Å². The highest BCUT2D eigenvalue weighted by atomic mass is 32.2. The number of ether oxygens (including phenoxy) is 1. The Bertz CT molecular complexity index is 880. The van der Waals surface area contributed by atoms with Crippen molar-refractivity contribution in [3.63, 3.8) is 0 Å².